The molecule has 0 radical (unpaired) electrons. The summed E-state index contributed by atoms with van der Waals surface area (Å²) in [6.45, 7) is 3.16. The maximum Gasteiger partial charge on any atom is 0.289 e. The third-order valence-electron chi connectivity index (χ3n) is 2.78. The fourth-order valence-electron chi connectivity index (χ4n) is 1.65. The van der Waals surface area contributed by atoms with E-state index >= 15 is 0 Å². The number of aryl methyl sites for hydroxylation is 1. The van der Waals surface area contributed by atoms with Gasteiger partial charge in [0.2, 0.25) is 0 Å². The maximum atomic E-state index is 10.6. The smallest absolute Gasteiger partial charge is 0.289 e. The van der Waals surface area contributed by atoms with Crippen LogP contribution in [-0.2, 0) is 13.1 Å². The highest BCUT2D eigenvalue weighted by atomic mass is 35.5. The normalized spacial score (nSPS) is 10.6. The molecule has 0 fully saturated rings. The molecule has 2 heterocycles. The monoisotopic (exact) mass is 311 g/mol. The molecule has 2 aromatic heterocycles. The molecule has 1 N–H and O–H groups in total. The highest BCUT2D eigenvalue weighted by Crippen LogP contribution is 2.24. The molecular weight excluding hydrogens is 298 g/mol. The number of nitrogens with one attached hydrogen (secondary N) is 1. The van der Waals surface area contributed by atoms with Crippen LogP contribution in [0.2, 0.25) is 5.02 Å². The van der Waals surface area contributed by atoms with Crippen LogP contribution >= 0.6 is 11.6 Å². The Labute approximate surface area is 125 Å². The van der Waals surface area contributed by atoms with E-state index in [0.29, 0.717) is 18.2 Å². The molecule has 10 heteroatoms. The van der Waals surface area contributed by atoms with Crippen LogP contribution in [0.15, 0.2) is 12.3 Å². The van der Waals surface area contributed by atoms with E-state index in [1.807, 2.05) is 0 Å². The van der Waals surface area contributed by atoms with Crippen LogP contribution in [0.4, 0.5) is 11.5 Å². The third kappa shape index (κ3) is 3.85. The summed E-state index contributed by atoms with van der Waals surface area (Å²) in [5.41, 5.74) is -0.154. The summed E-state index contributed by atoms with van der Waals surface area (Å²) < 4.78 is 1.70. The van der Waals surface area contributed by atoms with E-state index in [4.69, 9.17) is 11.6 Å². The van der Waals surface area contributed by atoms with Gasteiger partial charge in [-0.2, -0.15) is 0 Å². The number of anilines is 1. The SMILES string of the molecule is CCCCn1nnnc1CNc1ncc([N+](=O)[O-])cc1Cl. The van der Waals surface area contributed by atoms with Gasteiger partial charge in [0, 0.05) is 12.6 Å². The van der Waals surface area contributed by atoms with E-state index in [2.05, 4.69) is 32.7 Å². The fraction of sp³-hybridized carbons (Fsp3) is 0.455. The van der Waals surface area contributed by atoms with Crippen LogP contribution in [0.1, 0.15) is 25.6 Å². The minimum absolute atomic E-state index is 0.154. The predicted molar refractivity (Wildman–Crippen MR) is 76.0 cm³/mol. The predicted octanol–water partition coefficient (Wildman–Crippen LogP) is 2.04. The summed E-state index contributed by atoms with van der Waals surface area (Å²) >= 11 is 5.95. The van der Waals surface area contributed by atoms with Crippen molar-refractivity contribution in [1.29, 1.82) is 0 Å². The zero-order chi connectivity index (χ0) is 15.2. The lowest BCUT2D eigenvalue weighted by molar-refractivity contribution is -0.385. The number of nitrogens with zero attached hydrogens (tertiary/aromatic N) is 6. The molecule has 0 amide bonds. The number of aromatic nitrogens is 5. The van der Waals surface area contributed by atoms with Crippen LogP contribution in [0, 0.1) is 10.1 Å². The molecule has 21 heavy (non-hydrogen) atoms. The van der Waals surface area contributed by atoms with E-state index in [9.17, 15) is 10.1 Å². The van der Waals surface area contributed by atoms with Crippen LogP contribution in [0.25, 0.3) is 0 Å². The van der Waals surface area contributed by atoms with E-state index in [1.165, 1.54) is 6.07 Å². The fourth-order valence-corrected chi connectivity index (χ4v) is 1.88. The average molecular weight is 312 g/mol. The molecule has 0 aliphatic carbocycles. The minimum Gasteiger partial charge on any atom is -0.361 e. The van der Waals surface area contributed by atoms with Crippen molar-refractivity contribution >= 4 is 23.1 Å². The molecule has 0 saturated carbocycles. The highest BCUT2D eigenvalue weighted by molar-refractivity contribution is 6.33. The second kappa shape index (κ2) is 6.93. The summed E-state index contributed by atoms with van der Waals surface area (Å²) in [6, 6.07) is 1.25. The Morgan fingerprint density at radius 3 is 3.00 bits per heavy atom. The molecule has 0 spiro atoms. The van der Waals surface area contributed by atoms with Crippen molar-refractivity contribution in [2.24, 2.45) is 0 Å². The standard InChI is InChI=1S/C11H14ClN7O2/c1-2-3-4-18-10(15-16-17-18)7-14-11-9(12)5-8(6-13-11)19(20)21/h5-6H,2-4,7H2,1H3,(H,13,14). The number of unbranched alkanes of at least 4 members (excludes halogenated alkanes) is 1. The number of rotatable bonds is 7. The van der Waals surface area contributed by atoms with Gasteiger partial charge in [-0.3, -0.25) is 10.1 Å². The molecular formula is C11H14ClN7O2. The summed E-state index contributed by atoms with van der Waals surface area (Å²) in [7, 11) is 0. The van der Waals surface area contributed by atoms with E-state index in [1.54, 1.807) is 4.68 Å². The topological polar surface area (TPSA) is 112 Å². The number of hydrogen-bond donors (Lipinski definition) is 1. The Balaban J connectivity index is 2.03. The Hall–Kier alpha value is -2.29. The van der Waals surface area contributed by atoms with Gasteiger partial charge in [0.1, 0.15) is 12.0 Å². The van der Waals surface area contributed by atoms with Gasteiger partial charge >= 0.3 is 0 Å². The lowest BCUT2D eigenvalue weighted by atomic mass is 10.3. The Morgan fingerprint density at radius 1 is 1.52 bits per heavy atom. The van der Waals surface area contributed by atoms with E-state index in [-0.39, 0.29) is 10.7 Å². The Bertz CT molecular complexity index is 631. The molecule has 2 aromatic rings. The number of tetrazole rings is 1. The Kier molecular flexibility index (Phi) is 4.99. The largest absolute Gasteiger partial charge is 0.361 e. The van der Waals surface area contributed by atoms with Crippen LogP contribution < -0.4 is 5.32 Å². The zero-order valence-electron chi connectivity index (χ0n) is 11.4. The van der Waals surface area contributed by atoms with Crippen molar-refractivity contribution < 1.29 is 4.92 Å². The first-order chi connectivity index (χ1) is 10.1. The van der Waals surface area contributed by atoms with Gasteiger partial charge in [-0.15, -0.1) is 5.10 Å². The van der Waals surface area contributed by atoms with Gasteiger partial charge < -0.3 is 5.32 Å². The van der Waals surface area contributed by atoms with Gasteiger partial charge in [0.05, 0.1) is 16.5 Å². The van der Waals surface area contributed by atoms with Gasteiger partial charge in [0.25, 0.3) is 5.69 Å². The van der Waals surface area contributed by atoms with Gasteiger partial charge in [-0.1, -0.05) is 24.9 Å². The van der Waals surface area contributed by atoms with Crippen LogP contribution in [0.5, 0.6) is 0 Å². The molecule has 0 aromatic carbocycles. The second-order valence-corrected chi connectivity index (χ2v) is 4.71. The first kappa shape index (κ1) is 15.1. The van der Waals surface area contributed by atoms with Crippen LogP contribution in [0.3, 0.4) is 0 Å². The van der Waals surface area contributed by atoms with Crippen molar-refractivity contribution in [2.75, 3.05) is 5.32 Å². The quantitative estimate of drug-likeness (QED) is 0.615. The minimum atomic E-state index is -0.548. The van der Waals surface area contributed by atoms with Gasteiger partial charge in [-0.05, 0) is 16.8 Å². The van der Waals surface area contributed by atoms with Crippen molar-refractivity contribution in [1.82, 2.24) is 25.2 Å². The summed E-state index contributed by atoms with van der Waals surface area (Å²) in [5.74, 6) is 1.01. The molecule has 0 atom stereocenters. The lowest BCUT2D eigenvalue weighted by Gasteiger charge is -2.07. The van der Waals surface area contributed by atoms with Gasteiger partial charge in [-0.25, -0.2) is 9.67 Å². The number of pyridine rings is 1. The summed E-state index contributed by atoms with van der Waals surface area (Å²) in [4.78, 5) is 14.0. The number of halogens is 1. The molecule has 0 bridgehead atoms. The lowest BCUT2D eigenvalue weighted by Crippen LogP contribution is -2.11. The van der Waals surface area contributed by atoms with Crippen molar-refractivity contribution in [3.05, 3.63) is 33.2 Å². The summed E-state index contributed by atoms with van der Waals surface area (Å²) in [6.07, 6.45) is 3.17. The van der Waals surface area contributed by atoms with Crippen molar-refractivity contribution in [2.45, 2.75) is 32.9 Å². The van der Waals surface area contributed by atoms with E-state index < -0.39 is 4.92 Å². The molecule has 0 aliphatic heterocycles. The van der Waals surface area contributed by atoms with Gasteiger partial charge in [0.15, 0.2) is 5.82 Å². The molecule has 0 aliphatic rings. The number of nitro groups is 1. The first-order valence-electron chi connectivity index (χ1n) is 6.40. The number of hydrogen-bond acceptors (Lipinski definition) is 7. The maximum absolute atomic E-state index is 10.6. The average Bonchev–Trinajstić information content (AvgIpc) is 2.91. The third-order valence-corrected chi connectivity index (χ3v) is 3.07. The molecule has 0 unspecified atom stereocenters. The molecule has 112 valence electrons. The molecule has 9 nitrogen and oxygen atoms in total. The first-order valence-corrected chi connectivity index (χ1v) is 6.78. The summed E-state index contributed by atoms with van der Waals surface area (Å²) in [5, 5.41) is 25.2. The highest BCUT2D eigenvalue weighted by Gasteiger charge is 2.12. The molecule has 2 rings (SSSR count). The molecule has 0 saturated heterocycles. The second-order valence-electron chi connectivity index (χ2n) is 4.31. The van der Waals surface area contributed by atoms with Crippen LogP contribution in [-0.4, -0.2) is 30.1 Å². The zero-order valence-corrected chi connectivity index (χ0v) is 12.1. The van der Waals surface area contributed by atoms with E-state index in [0.717, 1.165) is 25.6 Å². The Morgan fingerprint density at radius 2 is 2.33 bits per heavy atom. The van der Waals surface area contributed by atoms with Crippen molar-refractivity contribution in [3.63, 3.8) is 0 Å². The van der Waals surface area contributed by atoms with Crippen molar-refractivity contribution in [3.8, 4) is 0 Å².